The third kappa shape index (κ3) is 15.0. The van der Waals surface area contributed by atoms with E-state index in [1.54, 1.807) is 84.9 Å². The van der Waals surface area contributed by atoms with Gasteiger partial charge >= 0.3 is 0 Å². The van der Waals surface area contributed by atoms with Crippen LogP contribution in [0.1, 0.15) is 58.9 Å². The highest BCUT2D eigenvalue weighted by atomic mass is 35.5. The molecular formula is C67H51Cl2N11O3. The molecular weight excluding hydrogens is 1080 g/mol. The van der Waals surface area contributed by atoms with E-state index in [9.17, 15) is 14.4 Å². The molecule has 12 aromatic rings. The van der Waals surface area contributed by atoms with Crippen molar-refractivity contribution < 1.29 is 14.4 Å². The van der Waals surface area contributed by atoms with Gasteiger partial charge in [-0.1, -0.05) is 152 Å². The van der Waals surface area contributed by atoms with Crippen molar-refractivity contribution in [3.63, 3.8) is 0 Å². The largest absolute Gasteiger partial charge is 0.399 e. The van der Waals surface area contributed by atoms with Crippen LogP contribution in [0.25, 0.3) is 23.0 Å². The Bertz CT molecular complexity index is 3960. The summed E-state index contributed by atoms with van der Waals surface area (Å²) in [4.78, 5) is 64.0. The van der Waals surface area contributed by atoms with Crippen molar-refractivity contribution in [3.05, 3.63) is 316 Å². The van der Waals surface area contributed by atoms with E-state index >= 15 is 0 Å². The van der Waals surface area contributed by atoms with Gasteiger partial charge in [0.1, 0.15) is 0 Å². The molecule has 0 aliphatic heterocycles. The molecule has 0 saturated carbocycles. The lowest BCUT2D eigenvalue weighted by atomic mass is 10.0. The first-order valence-electron chi connectivity index (χ1n) is 26.2. The summed E-state index contributed by atoms with van der Waals surface area (Å²) in [7, 11) is 0. The molecule has 0 unspecified atom stereocenters. The van der Waals surface area contributed by atoms with E-state index in [4.69, 9.17) is 38.9 Å². The minimum Gasteiger partial charge on any atom is -0.399 e. The van der Waals surface area contributed by atoms with Crippen molar-refractivity contribution in [2.24, 2.45) is 0 Å². The molecule has 0 amide bonds. The second-order valence-electron chi connectivity index (χ2n) is 18.6. The Morgan fingerprint density at radius 2 is 0.663 bits per heavy atom. The molecule has 0 aliphatic rings. The molecule has 0 spiro atoms. The lowest BCUT2D eigenvalue weighted by Crippen LogP contribution is -2.08. The maximum Gasteiger partial charge on any atom is 0.232 e. The normalized spacial score (nSPS) is 10.6. The number of nitrogen functional groups attached to an aromatic ring is 1. The van der Waals surface area contributed by atoms with Gasteiger partial charge in [-0.05, 0) is 131 Å². The average Bonchev–Trinajstić information content (AvgIpc) is 4.22. The number of rotatable bonds is 16. The summed E-state index contributed by atoms with van der Waals surface area (Å²) in [5.41, 5.74) is 15.4. The summed E-state index contributed by atoms with van der Waals surface area (Å²) in [6.45, 7) is 1.37. The van der Waals surface area contributed by atoms with E-state index in [-0.39, 0.29) is 27.9 Å². The Morgan fingerprint density at radius 1 is 0.349 bits per heavy atom. The number of nitrogens with zero attached hydrogens (tertiary/aromatic N) is 8. The summed E-state index contributed by atoms with van der Waals surface area (Å²) in [6.07, 6.45) is 3.96. The van der Waals surface area contributed by atoms with E-state index < -0.39 is 0 Å². The second-order valence-corrected chi connectivity index (χ2v) is 19.3. The monoisotopic (exact) mass is 1130 g/mol. The highest BCUT2D eigenvalue weighted by molar-refractivity contribution is 6.31. The summed E-state index contributed by atoms with van der Waals surface area (Å²) >= 11 is 11.6. The van der Waals surface area contributed by atoms with Crippen LogP contribution in [0.4, 0.5) is 29.0 Å². The highest BCUT2D eigenvalue weighted by Gasteiger charge is 2.16. The zero-order valence-corrected chi connectivity index (χ0v) is 45.9. The minimum atomic E-state index is -0.0493. The van der Waals surface area contributed by atoms with Crippen LogP contribution in [0.2, 0.25) is 10.6 Å². The van der Waals surface area contributed by atoms with Crippen molar-refractivity contribution in [2.75, 3.05) is 16.4 Å². The van der Waals surface area contributed by atoms with Crippen LogP contribution in [0, 0.1) is 0 Å². The summed E-state index contributed by atoms with van der Waals surface area (Å²) in [5, 5.41) is 6.75. The van der Waals surface area contributed by atoms with Gasteiger partial charge in [0.25, 0.3) is 0 Å². The summed E-state index contributed by atoms with van der Waals surface area (Å²) in [6, 6.07) is 77.1. The van der Waals surface area contributed by atoms with E-state index in [0.29, 0.717) is 80.5 Å². The molecule has 83 heavy (non-hydrogen) atoms. The second kappa shape index (κ2) is 27.0. The van der Waals surface area contributed by atoms with E-state index in [0.717, 1.165) is 23.5 Å². The first-order valence-corrected chi connectivity index (χ1v) is 26.9. The lowest BCUT2D eigenvalue weighted by molar-refractivity contribution is 0.103. The molecule has 16 heteroatoms. The molecule has 4 heterocycles. The molecule has 4 N–H and O–H groups in total. The quantitative estimate of drug-likeness (QED) is 0.0614. The van der Waals surface area contributed by atoms with Gasteiger partial charge in [0, 0.05) is 75.9 Å². The van der Waals surface area contributed by atoms with Crippen molar-refractivity contribution in [1.29, 1.82) is 0 Å². The van der Waals surface area contributed by atoms with Gasteiger partial charge in [0.05, 0.1) is 11.4 Å². The molecule has 4 aromatic heterocycles. The average molecular weight is 1130 g/mol. The smallest absolute Gasteiger partial charge is 0.232 e. The Morgan fingerprint density at radius 3 is 1.02 bits per heavy atom. The van der Waals surface area contributed by atoms with Crippen molar-refractivity contribution in [1.82, 2.24) is 39.0 Å². The van der Waals surface area contributed by atoms with Gasteiger partial charge in [-0.3, -0.25) is 14.4 Å². The maximum atomic E-state index is 12.9. The van der Waals surface area contributed by atoms with E-state index in [2.05, 4.69) is 59.4 Å². The maximum absolute atomic E-state index is 12.9. The Hall–Kier alpha value is -10.7. The Labute approximate surface area is 489 Å². The number of anilines is 5. The predicted molar refractivity (Wildman–Crippen MR) is 328 cm³/mol. The van der Waals surface area contributed by atoms with Gasteiger partial charge in [0.2, 0.25) is 22.5 Å². The van der Waals surface area contributed by atoms with Crippen molar-refractivity contribution in [3.8, 4) is 23.0 Å². The fourth-order valence-corrected chi connectivity index (χ4v) is 9.05. The number of nitrogens with two attached hydrogens (primary N) is 1. The van der Waals surface area contributed by atoms with Gasteiger partial charge in [0.15, 0.2) is 29.0 Å². The van der Waals surface area contributed by atoms with Crippen LogP contribution in [0.5, 0.6) is 0 Å². The molecule has 12 rings (SSSR count). The van der Waals surface area contributed by atoms with Crippen LogP contribution in [-0.2, 0) is 13.1 Å². The zero-order valence-electron chi connectivity index (χ0n) is 44.4. The number of halogens is 2. The molecule has 0 bridgehead atoms. The van der Waals surface area contributed by atoms with Gasteiger partial charge in [-0.25, -0.2) is 0 Å². The van der Waals surface area contributed by atoms with Crippen LogP contribution in [0.3, 0.4) is 0 Å². The third-order valence-corrected chi connectivity index (χ3v) is 13.2. The van der Waals surface area contributed by atoms with Crippen LogP contribution in [-0.4, -0.2) is 56.4 Å². The molecule has 0 radical (unpaired) electrons. The Balaban J connectivity index is 0.000000178. The molecule has 0 atom stereocenters. The number of benzene rings is 8. The van der Waals surface area contributed by atoms with Crippen molar-refractivity contribution in [2.45, 2.75) is 13.1 Å². The number of nitrogens with one attached hydrogen (secondary N) is 2. The molecule has 0 saturated heterocycles. The van der Waals surface area contributed by atoms with Gasteiger partial charge in [-0.15, -0.1) is 0 Å². The molecule has 14 nitrogen and oxygen atoms in total. The minimum absolute atomic E-state index is 0.0237. The SMILES string of the molecule is Clc1nc(Cl)nc(-c2cccn2Cc2ccccc2)n1.Nc1ccc(C(=O)c2ccccc2)cc1.O=C(c1ccccc1)c1ccc(Nc2nc(Nc3ccc(C(=O)c4ccccc4)cc3)nc(-c3cccn3Cc3ccccc3)n2)cc1. The number of carbonyl (C=O) groups excluding carboxylic acids is 3. The summed E-state index contributed by atoms with van der Waals surface area (Å²) < 4.78 is 4.13. The van der Waals surface area contributed by atoms with Crippen molar-refractivity contribution >= 4 is 69.5 Å². The fraction of sp³-hybridized carbons (Fsp3) is 0.0299. The molecule has 8 aromatic carbocycles. The molecule has 0 fully saturated rings. The number of carbonyl (C=O) groups is 3. The molecule has 0 aliphatic carbocycles. The lowest BCUT2D eigenvalue weighted by Gasteiger charge is -2.13. The van der Waals surface area contributed by atoms with Crippen LogP contribution >= 0.6 is 23.2 Å². The number of hydrogen-bond donors (Lipinski definition) is 3. The first-order chi connectivity index (χ1) is 40.6. The number of hydrogen-bond acceptors (Lipinski definition) is 12. The van der Waals surface area contributed by atoms with E-state index in [1.165, 1.54) is 5.56 Å². The highest BCUT2D eigenvalue weighted by Crippen LogP contribution is 2.26. The number of ketones is 3. The standard InChI is InChI=1S/C40H30N6O2.C14H10Cl2N4.C13H11NO/c47-36(29-13-6-2-7-14-29)31-18-22-33(23-19-31)41-39-43-38(35-17-10-26-46(35)27-28-11-4-1-5-12-28)44-40(45-39)42-34-24-20-32(21-25-34)37(48)30-15-8-3-9-16-30;15-13-17-12(18-14(16)19-13)11-7-4-8-20(11)9-10-5-2-1-3-6-10;14-12-8-6-11(7-9-12)13(15)10-4-2-1-3-5-10/h1-26H,27H2,(H2,41,42,43,44,45);1-8H,9H2;1-9H,14H2. The zero-order chi connectivity index (χ0) is 57.3. The first kappa shape index (κ1) is 55.6. The fourth-order valence-electron chi connectivity index (χ4n) is 8.68. The van der Waals surface area contributed by atoms with E-state index in [1.807, 2.05) is 156 Å². The molecule has 406 valence electrons. The number of aromatic nitrogens is 8. The Kier molecular flexibility index (Phi) is 18.1. The third-order valence-electron chi connectivity index (χ3n) is 12.8. The van der Waals surface area contributed by atoms with Gasteiger partial charge < -0.3 is 25.5 Å². The van der Waals surface area contributed by atoms with Crippen LogP contribution in [0.15, 0.2) is 261 Å². The summed E-state index contributed by atoms with van der Waals surface area (Å²) in [5.74, 6) is 1.52. The van der Waals surface area contributed by atoms with Gasteiger partial charge in [-0.2, -0.15) is 29.9 Å². The topological polar surface area (TPSA) is 188 Å². The van der Waals surface area contributed by atoms with Crippen LogP contribution < -0.4 is 16.4 Å². The predicted octanol–water partition coefficient (Wildman–Crippen LogP) is 14.5.